The Balaban J connectivity index is 1.57. The molecule has 0 aliphatic heterocycles. The van der Waals surface area contributed by atoms with E-state index in [1.165, 1.54) is 6.20 Å². The minimum absolute atomic E-state index is 0.242. The van der Waals surface area contributed by atoms with Crippen LogP contribution in [-0.2, 0) is 10.2 Å². The van der Waals surface area contributed by atoms with Crippen LogP contribution in [0.15, 0.2) is 49.1 Å². The maximum absolute atomic E-state index is 13.1. The van der Waals surface area contributed by atoms with Crippen molar-refractivity contribution in [3.05, 3.63) is 71.2 Å². The van der Waals surface area contributed by atoms with E-state index in [4.69, 9.17) is 22.2 Å². The van der Waals surface area contributed by atoms with E-state index in [-0.39, 0.29) is 18.4 Å². The number of hydrogen-bond acceptors (Lipinski definition) is 7. The Morgan fingerprint density at radius 3 is 2.77 bits per heavy atom. The third kappa shape index (κ3) is 3.83. The van der Waals surface area contributed by atoms with E-state index in [0.29, 0.717) is 28.8 Å². The summed E-state index contributed by atoms with van der Waals surface area (Å²) in [5.74, 6) is 7.07. The summed E-state index contributed by atoms with van der Waals surface area (Å²) in [6.45, 7) is 3.97. The van der Waals surface area contributed by atoms with E-state index in [0.717, 1.165) is 16.3 Å². The number of ether oxygens (including phenoxy) is 1. The molecule has 3 aromatic heterocycles. The Hall–Kier alpha value is -3.10. The standard InChI is InChI=1S/C21H21ClN6O2/c1-13-18(11-25-14(2)27-13)30-12-21(15-4-3-7-24-9-15)8-17(21)20(29)28(23)19-6-5-16(22)10-26-19/h3-7,9-11,17H,8,12,23H2,1-2H3. The minimum atomic E-state index is -0.535. The number of aryl methyl sites for hydroxylation is 2. The summed E-state index contributed by atoms with van der Waals surface area (Å²) in [7, 11) is 0. The van der Waals surface area contributed by atoms with E-state index in [9.17, 15) is 4.79 Å². The number of carbonyl (C=O) groups is 1. The van der Waals surface area contributed by atoms with E-state index < -0.39 is 5.41 Å². The number of hydrogen-bond donors (Lipinski definition) is 1. The molecule has 1 aliphatic carbocycles. The van der Waals surface area contributed by atoms with Crippen LogP contribution in [0.25, 0.3) is 0 Å². The molecule has 1 aliphatic rings. The van der Waals surface area contributed by atoms with Gasteiger partial charge in [-0.25, -0.2) is 25.8 Å². The van der Waals surface area contributed by atoms with E-state index in [1.807, 2.05) is 26.0 Å². The van der Waals surface area contributed by atoms with Crippen molar-refractivity contribution in [3.8, 4) is 5.75 Å². The number of amides is 1. The number of halogens is 1. The van der Waals surface area contributed by atoms with Crippen LogP contribution in [0.4, 0.5) is 5.82 Å². The lowest BCUT2D eigenvalue weighted by molar-refractivity contribution is -0.120. The SMILES string of the molecule is Cc1ncc(OCC2(c3cccnc3)CC2C(=O)N(N)c2ccc(Cl)cn2)c(C)n1. The van der Waals surface area contributed by atoms with Crippen molar-refractivity contribution in [3.63, 3.8) is 0 Å². The summed E-state index contributed by atoms with van der Waals surface area (Å²) < 4.78 is 6.06. The van der Waals surface area contributed by atoms with E-state index >= 15 is 0 Å². The van der Waals surface area contributed by atoms with Crippen LogP contribution in [0, 0.1) is 19.8 Å². The zero-order valence-corrected chi connectivity index (χ0v) is 17.4. The largest absolute Gasteiger partial charge is 0.489 e. The summed E-state index contributed by atoms with van der Waals surface area (Å²) in [5.41, 5.74) is 1.14. The predicted octanol–water partition coefficient (Wildman–Crippen LogP) is 2.78. The number of hydrazine groups is 1. The van der Waals surface area contributed by atoms with Crippen LogP contribution in [0.1, 0.15) is 23.5 Å². The number of nitrogens with zero attached hydrogens (tertiary/aromatic N) is 5. The van der Waals surface area contributed by atoms with Crippen LogP contribution >= 0.6 is 11.6 Å². The molecule has 2 N–H and O–H groups in total. The molecule has 0 spiro atoms. The van der Waals surface area contributed by atoms with Crippen molar-refractivity contribution in [2.45, 2.75) is 25.7 Å². The van der Waals surface area contributed by atoms with Gasteiger partial charge in [0.15, 0.2) is 5.75 Å². The van der Waals surface area contributed by atoms with E-state index in [2.05, 4.69) is 19.9 Å². The molecule has 30 heavy (non-hydrogen) atoms. The third-order valence-corrected chi connectivity index (χ3v) is 5.57. The number of nitrogens with two attached hydrogens (primary N) is 1. The molecule has 1 fully saturated rings. The van der Waals surface area contributed by atoms with Crippen molar-refractivity contribution < 1.29 is 9.53 Å². The molecule has 1 amide bonds. The van der Waals surface area contributed by atoms with Crippen LogP contribution in [0.5, 0.6) is 5.75 Å². The molecule has 0 radical (unpaired) electrons. The molecule has 3 aromatic rings. The molecule has 154 valence electrons. The van der Waals surface area contributed by atoms with Gasteiger partial charge in [-0.15, -0.1) is 0 Å². The van der Waals surface area contributed by atoms with Gasteiger partial charge in [0.25, 0.3) is 0 Å². The summed E-state index contributed by atoms with van der Waals surface area (Å²) in [5, 5.41) is 1.54. The van der Waals surface area contributed by atoms with Gasteiger partial charge in [0.2, 0.25) is 5.91 Å². The molecule has 3 heterocycles. The molecular formula is C21H21ClN6O2. The first kappa shape index (κ1) is 20.2. The Labute approximate surface area is 179 Å². The van der Waals surface area contributed by atoms with Gasteiger partial charge in [-0.3, -0.25) is 9.78 Å². The second-order valence-electron chi connectivity index (χ2n) is 7.35. The van der Waals surface area contributed by atoms with Gasteiger partial charge in [-0.2, -0.15) is 0 Å². The zero-order chi connectivity index (χ0) is 21.3. The first-order valence-corrected chi connectivity index (χ1v) is 9.82. The van der Waals surface area contributed by atoms with Crippen molar-refractivity contribution >= 4 is 23.3 Å². The van der Waals surface area contributed by atoms with Gasteiger partial charge in [0.05, 0.1) is 29.4 Å². The van der Waals surface area contributed by atoms with Crippen LogP contribution in [0.3, 0.4) is 0 Å². The highest BCUT2D eigenvalue weighted by atomic mass is 35.5. The number of pyridine rings is 2. The first-order chi connectivity index (χ1) is 14.4. The fourth-order valence-electron chi connectivity index (χ4n) is 3.56. The van der Waals surface area contributed by atoms with Crippen molar-refractivity contribution in [2.24, 2.45) is 11.8 Å². The average Bonchev–Trinajstić information content (AvgIpc) is 3.49. The van der Waals surface area contributed by atoms with E-state index in [1.54, 1.807) is 30.7 Å². The Bertz CT molecular complexity index is 1060. The first-order valence-electron chi connectivity index (χ1n) is 9.44. The van der Waals surface area contributed by atoms with Crippen molar-refractivity contribution in [1.82, 2.24) is 19.9 Å². The number of anilines is 1. The second kappa shape index (κ2) is 7.97. The highest BCUT2D eigenvalue weighted by Gasteiger charge is 2.61. The molecule has 1 saturated carbocycles. The zero-order valence-electron chi connectivity index (χ0n) is 16.6. The van der Waals surface area contributed by atoms with Crippen LogP contribution in [0.2, 0.25) is 5.02 Å². The number of aromatic nitrogens is 4. The number of carbonyl (C=O) groups excluding carboxylic acids is 1. The van der Waals surface area contributed by atoms with Gasteiger partial charge in [0.1, 0.15) is 11.6 Å². The van der Waals surface area contributed by atoms with Crippen LogP contribution < -0.4 is 15.6 Å². The normalized spacial score (nSPS) is 19.9. The molecule has 9 heteroatoms. The molecule has 0 saturated heterocycles. The molecule has 8 nitrogen and oxygen atoms in total. The highest BCUT2D eigenvalue weighted by Crippen LogP contribution is 2.55. The van der Waals surface area contributed by atoms with Gasteiger partial charge in [-0.1, -0.05) is 17.7 Å². The monoisotopic (exact) mass is 424 g/mol. The Kier molecular flexibility index (Phi) is 5.36. The molecule has 0 bridgehead atoms. The lowest BCUT2D eigenvalue weighted by Gasteiger charge is -2.21. The minimum Gasteiger partial charge on any atom is -0.489 e. The Morgan fingerprint density at radius 1 is 1.27 bits per heavy atom. The van der Waals surface area contributed by atoms with Gasteiger partial charge in [-0.05, 0) is 44.0 Å². The third-order valence-electron chi connectivity index (χ3n) is 5.35. The highest BCUT2D eigenvalue weighted by molar-refractivity contribution is 6.30. The molecule has 4 rings (SSSR count). The molecule has 0 aromatic carbocycles. The molecular weight excluding hydrogens is 404 g/mol. The average molecular weight is 425 g/mol. The van der Waals surface area contributed by atoms with Crippen molar-refractivity contribution in [2.75, 3.05) is 11.6 Å². The lowest BCUT2D eigenvalue weighted by Crippen LogP contribution is -2.41. The summed E-state index contributed by atoms with van der Waals surface area (Å²) >= 11 is 5.88. The quantitative estimate of drug-likeness (QED) is 0.368. The maximum Gasteiger partial charge on any atom is 0.246 e. The van der Waals surface area contributed by atoms with Gasteiger partial charge >= 0.3 is 0 Å². The fourth-order valence-corrected chi connectivity index (χ4v) is 3.67. The summed E-state index contributed by atoms with van der Waals surface area (Å²) in [6.07, 6.45) is 7.15. The topological polar surface area (TPSA) is 107 Å². The lowest BCUT2D eigenvalue weighted by atomic mass is 9.95. The van der Waals surface area contributed by atoms with Crippen LogP contribution in [-0.4, -0.2) is 32.4 Å². The number of rotatable bonds is 6. The van der Waals surface area contributed by atoms with Crippen molar-refractivity contribution in [1.29, 1.82) is 0 Å². The Morgan fingerprint density at radius 2 is 2.10 bits per heavy atom. The maximum atomic E-state index is 13.1. The second-order valence-corrected chi connectivity index (χ2v) is 7.79. The molecule has 2 unspecified atom stereocenters. The summed E-state index contributed by atoms with van der Waals surface area (Å²) in [4.78, 5) is 30.0. The van der Waals surface area contributed by atoms with Gasteiger partial charge < -0.3 is 4.74 Å². The molecule has 2 atom stereocenters. The summed E-state index contributed by atoms with van der Waals surface area (Å²) in [6, 6.07) is 7.04. The fraction of sp³-hybridized carbons (Fsp3) is 0.286. The predicted molar refractivity (Wildman–Crippen MR) is 112 cm³/mol. The van der Waals surface area contributed by atoms with Gasteiger partial charge in [0, 0.05) is 24.0 Å². The smallest absolute Gasteiger partial charge is 0.246 e.